The number of halogens is 1. The van der Waals surface area contributed by atoms with Crippen molar-refractivity contribution in [3.8, 4) is 17.1 Å². The second-order valence-electron chi connectivity index (χ2n) is 5.12. The molecule has 0 aliphatic rings. The molecule has 3 aromatic rings. The number of H-pyrrole nitrogens is 1. The van der Waals surface area contributed by atoms with Gasteiger partial charge in [-0.05, 0) is 30.7 Å². The van der Waals surface area contributed by atoms with Crippen LogP contribution in [-0.4, -0.2) is 27.7 Å². The van der Waals surface area contributed by atoms with E-state index in [1.807, 2.05) is 55.5 Å². The van der Waals surface area contributed by atoms with E-state index in [4.69, 9.17) is 4.74 Å². The largest absolute Gasteiger partial charge is 0.483 e. The Morgan fingerprint density at radius 3 is 2.88 bits per heavy atom. The van der Waals surface area contributed by atoms with E-state index in [1.54, 1.807) is 0 Å². The average molecular weight is 387 g/mol. The van der Waals surface area contributed by atoms with Crippen LogP contribution in [0.1, 0.15) is 5.56 Å². The van der Waals surface area contributed by atoms with Crippen LogP contribution in [0, 0.1) is 6.92 Å². The molecular weight excluding hydrogens is 372 g/mol. The first kappa shape index (κ1) is 16.2. The number of hydrogen-bond donors (Lipinski definition) is 2. The molecule has 7 heteroatoms. The molecule has 0 spiro atoms. The van der Waals surface area contributed by atoms with Gasteiger partial charge in [0.25, 0.3) is 5.91 Å². The summed E-state index contributed by atoms with van der Waals surface area (Å²) in [6.45, 7) is 1.82. The van der Waals surface area contributed by atoms with Gasteiger partial charge in [0.05, 0.1) is 0 Å². The van der Waals surface area contributed by atoms with E-state index in [0.29, 0.717) is 11.6 Å². The van der Waals surface area contributed by atoms with Crippen LogP contribution in [0.5, 0.6) is 5.75 Å². The fraction of sp³-hybridized carbons (Fsp3) is 0.118. The first-order valence-corrected chi connectivity index (χ1v) is 8.08. The van der Waals surface area contributed by atoms with Crippen molar-refractivity contribution in [2.24, 2.45) is 0 Å². The van der Waals surface area contributed by atoms with Crippen LogP contribution < -0.4 is 10.1 Å². The Morgan fingerprint density at radius 2 is 2.08 bits per heavy atom. The standard InChI is InChI=1S/C17H15BrN4O2/c1-11-5-2-3-8-14(11)24-10-15(23)19-17-20-16(21-22-17)12-6-4-7-13(18)9-12/h2-9H,10H2,1H3,(H2,19,20,21,22,23). The van der Waals surface area contributed by atoms with Gasteiger partial charge in [-0.25, -0.2) is 0 Å². The van der Waals surface area contributed by atoms with E-state index in [1.165, 1.54) is 0 Å². The molecule has 0 bridgehead atoms. The van der Waals surface area contributed by atoms with Crippen LogP contribution in [0.4, 0.5) is 5.95 Å². The lowest BCUT2D eigenvalue weighted by molar-refractivity contribution is -0.118. The molecule has 2 N–H and O–H groups in total. The van der Waals surface area contributed by atoms with E-state index < -0.39 is 0 Å². The molecule has 6 nitrogen and oxygen atoms in total. The summed E-state index contributed by atoms with van der Waals surface area (Å²) in [5.74, 6) is 1.14. The Hall–Kier alpha value is -2.67. The van der Waals surface area contributed by atoms with Gasteiger partial charge in [0.1, 0.15) is 5.75 Å². The van der Waals surface area contributed by atoms with Crippen LogP contribution in [0.3, 0.4) is 0 Å². The maximum absolute atomic E-state index is 12.0. The van der Waals surface area contributed by atoms with Gasteiger partial charge < -0.3 is 4.74 Å². The number of carbonyl (C=O) groups is 1. The van der Waals surface area contributed by atoms with Crippen LogP contribution in [0.15, 0.2) is 53.0 Å². The summed E-state index contributed by atoms with van der Waals surface area (Å²) in [6, 6.07) is 15.2. The zero-order valence-corrected chi connectivity index (χ0v) is 14.5. The Balaban J connectivity index is 1.60. The predicted octanol–water partition coefficient (Wildman–Crippen LogP) is 3.56. The summed E-state index contributed by atoms with van der Waals surface area (Å²) in [6.07, 6.45) is 0. The van der Waals surface area contributed by atoms with Crippen molar-refractivity contribution in [1.29, 1.82) is 0 Å². The number of ether oxygens (including phenoxy) is 1. The van der Waals surface area contributed by atoms with E-state index in [0.717, 1.165) is 15.6 Å². The van der Waals surface area contributed by atoms with Crippen molar-refractivity contribution < 1.29 is 9.53 Å². The highest BCUT2D eigenvalue weighted by Gasteiger charge is 2.10. The monoisotopic (exact) mass is 386 g/mol. The topological polar surface area (TPSA) is 79.9 Å². The van der Waals surface area contributed by atoms with Gasteiger partial charge >= 0.3 is 0 Å². The molecule has 0 radical (unpaired) electrons. The molecule has 2 aromatic carbocycles. The molecule has 24 heavy (non-hydrogen) atoms. The summed E-state index contributed by atoms with van der Waals surface area (Å²) in [5.41, 5.74) is 1.84. The minimum Gasteiger partial charge on any atom is -0.483 e. The van der Waals surface area contributed by atoms with Crippen molar-refractivity contribution in [2.75, 3.05) is 11.9 Å². The summed E-state index contributed by atoms with van der Waals surface area (Å²) in [5, 5.41) is 9.40. The Labute approximate surface area is 147 Å². The first-order chi connectivity index (χ1) is 11.6. The van der Waals surface area contributed by atoms with E-state index in [-0.39, 0.29) is 18.5 Å². The molecule has 1 amide bonds. The number of benzene rings is 2. The van der Waals surface area contributed by atoms with Gasteiger partial charge in [0.2, 0.25) is 5.95 Å². The molecule has 0 aliphatic carbocycles. The fourth-order valence-electron chi connectivity index (χ4n) is 2.11. The van der Waals surface area contributed by atoms with E-state index in [2.05, 4.69) is 36.4 Å². The highest BCUT2D eigenvalue weighted by Crippen LogP contribution is 2.20. The molecule has 122 valence electrons. The number of aromatic amines is 1. The molecule has 0 unspecified atom stereocenters. The van der Waals surface area contributed by atoms with Gasteiger partial charge in [-0.1, -0.05) is 46.3 Å². The third-order valence-electron chi connectivity index (χ3n) is 3.29. The average Bonchev–Trinajstić information content (AvgIpc) is 3.02. The van der Waals surface area contributed by atoms with Crippen LogP contribution >= 0.6 is 15.9 Å². The third-order valence-corrected chi connectivity index (χ3v) is 3.78. The minimum absolute atomic E-state index is 0.106. The smallest absolute Gasteiger partial charge is 0.264 e. The van der Waals surface area contributed by atoms with Gasteiger partial charge in [0, 0.05) is 10.0 Å². The number of nitrogens with one attached hydrogen (secondary N) is 2. The van der Waals surface area contributed by atoms with E-state index in [9.17, 15) is 4.79 Å². The highest BCUT2D eigenvalue weighted by atomic mass is 79.9. The maximum Gasteiger partial charge on any atom is 0.264 e. The summed E-state index contributed by atoms with van der Waals surface area (Å²) in [7, 11) is 0. The SMILES string of the molecule is Cc1ccccc1OCC(=O)Nc1n[nH]c(-c2cccc(Br)c2)n1. The van der Waals surface area contributed by atoms with Crippen molar-refractivity contribution >= 4 is 27.8 Å². The summed E-state index contributed by atoms with van der Waals surface area (Å²) < 4.78 is 6.43. The number of hydrogen-bond acceptors (Lipinski definition) is 4. The molecule has 0 fully saturated rings. The fourth-order valence-corrected chi connectivity index (χ4v) is 2.50. The Kier molecular flexibility index (Phi) is 4.90. The number of aromatic nitrogens is 3. The molecule has 0 atom stereocenters. The number of carbonyl (C=O) groups excluding carboxylic acids is 1. The lowest BCUT2D eigenvalue weighted by Gasteiger charge is -2.07. The Bertz CT molecular complexity index is 863. The van der Waals surface area contributed by atoms with Gasteiger partial charge in [0.15, 0.2) is 12.4 Å². The van der Waals surface area contributed by atoms with E-state index >= 15 is 0 Å². The van der Waals surface area contributed by atoms with Crippen LogP contribution in [0.2, 0.25) is 0 Å². The highest BCUT2D eigenvalue weighted by molar-refractivity contribution is 9.10. The lowest BCUT2D eigenvalue weighted by atomic mass is 10.2. The molecule has 0 saturated carbocycles. The number of aryl methyl sites for hydroxylation is 1. The molecule has 1 heterocycles. The zero-order valence-electron chi connectivity index (χ0n) is 12.9. The summed E-state index contributed by atoms with van der Waals surface area (Å²) >= 11 is 3.41. The maximum atomic E-state index is 12.0. The van der Waals surface area contributed by atoms with Gasteiger partial charge in [-0.15, -0.1) is 5.10 Å². The predicted molar refractivity (Wildman–Crippen MR) is 94.8 cm³/mol. The quantitative estimate of drug-likeness (QED) is 0.702. The van der Waals surface area contributed by atoms with Gasteiger partial charge in [-0.2, -0.15) is 4.98 Å². The zero-order chi connectivity index (χ0) is 16.9. The second-order valence-corrected chi connectivity index (χ2v) is 6.04. The van der Waals surface area contributed by atoms with Crippen LogP contribution in [-0.2, 0) is 4.79 Å². The third kappa shape index (κ3) is 3.99. The van der Waals surface area contributed by atoms with Crippen molar-refractivity contribution in [1.82, 2.24) is 15.2 Å². The molecule has 1 aromatic heterocycles. The number of anilines is 1. The van der Waals surface area contributed by atoms with Gasteiger partial charge in [-0.3, -0.25) is 15.2 Å². The Morgan fingerprint density at radius 1 is 1.25 bits per heavy atom. The normalized spacial score (nSPS) is 10.4. The number of amides is 1. The number of rotatable bonds is 5. The summed E-state index contributed by atoms with van der Waals surface area (Å²) in [4.78, 5) is 16.2. The second kappa shape index (κ2) is 7.27. The lowest BCUT2D eigenvalue weighted by Crippen LogP contribution is -2.21. The number of para-hydroxylation sites is 1. The van der Waals surface area contributed by atoms with Crippen molar-refractivity contribution in [3.63, 3.8) is 0 Å². The minimum atomic E-state index is -0.321. The van der Waals surface area contributed by atoms with Crippen molar-refractivity contribution in [2.45, 2.75) is 6.92 Å². The molecular formula is C17H15BrN4O2. The van der Waals surface area contributed by atoms with Crippen molar-refractivity contribution in [3.05, 3.63) is 58.6 Å². The first-order valence-electron chi connectivity index (χ1n) is 7.28. The number of nitrogens with zero attached hydrogens (tertiary/aromatic N) is 2. The molecule has 3 rings (SSSR count). The molecule has 0 saturated heterocycles. The van der Waals surface area contributed by atoms with Crippen LogP contribution in [0.25, 0.3) is 11.4 Å². The molecule has 0 aliphatic heterocycles.